The third-order valence-electron chi connectivity index (χ3n) is 5.36. The molecule has 1 aliphatic rings. The van der Waals surface area contributed by atoms with Gasteiger partial charge in [-0.25, -0.2) is 9.80 Å². The summed E-state index contributed by atoms with van der Waals surface area (Å²) in [6.45, 7) is 6.54. The Morgan fingerprint density at radius 2 is 1.90 bits per heavy atom. The first kappa shape index (κ1) is 18.9. The zero-order chi connectivity index (χ0) is 20.7. The van der Waals surface area contributed by atoms with Gasteiger partial charge in [-0.3, -0.25) is 18.5 Å². The fourth-order valence-corrected chi connectivity index (χ4v) is 3.62. The maximum Gasteiger partial charge on any atom is 0.332 e. The number of hydrazone groups is 1. The Morgan fingerprint density at radius 3 is 2.59 bits per heavy atom. The van der Waals surface area contributed by atoms with E-state index in [-0.39, 0.29) is 23.8 Å². The molecular formula is C21H24N6O2. The van der Waals surface area contributed by atoms with Crippen molar-refractivity contribution in [3.8, 4) is 0 Å². The van der Waals surface area contributed by atoms with Crippen LogP contribution in [-0.2, 0) is 20.1 Å². The van der Waals surface area contributed by atoms with E-state index in [1.54, 1.807) is 18.1 Å². The SMILES string of the molecule is C/C=C/Cn1c(=O)c2c(nc3n2[C@@H](C)C(C)=NN3Cc2ccccc2)n(C)c1=O. The van der Waals surface area contributed by atoms with E-state index in [1.807, 2.05) is 61.7 Å². The fourth-order valence-electron chi connectivity index (χ4n) is 3.62. The van der Waals surface area contributed by atoms with Crippen molar-refractivity contribution >= 4 is 22.8 Å². The molecule has 29 heavy (non-hydrogen) atoms. The number of benzene rings is 1. The van der Waals surface area contributed by atoms with E-state index in [2.05, 4.69) is 4.98 Å². The van der Waals surface area contributed by atoms with E-state index in [0.29, 0.717) is 23.7 Å². The number of hydrogen-bond acceptors (Lipinski definition) is 5. The van der Waals surface area contributed by atoms with Gasteiger partial charge in [0.05, 0.1) is 18.3 Å². The summed E-state index contributed by atoms with van der Waals surface area (Å²) in [7, 11) is 1.65. The summed E-state index contributed by atoms with van der Waals surface area (Å²) in [6, 6.07) is 9.83. The summed E-state index contributed by atoms with van der Waals surface area (Å²) in [4.78, 5) is 30.7. The molecule has 0 bridgehead atoms. The molecule has 1 atom stereocenters. The maximum absolute atomic E-state index is 13.3. The topological polar surface area (TPSA) is 77.4 Å². The molecule has 0 amide bonds. The second kappa shape index (κ2) is 7.20. The van der Waals surface area contributed by atoms with Crippen molar-refractivity contribution in [2.24, 2.45) is 12.1 Å². The Balaban J connectivity index is 1.96. The third-order valence-corrected chi connectivity index (χ3v) is 5.36. The number of aromatic nitrogens is 4. The van der Waals surface area contributed by atoms with E-state index >= 15 is 0 Å². The molecule has 0 radical (unpaired) electrons. The zero-order valence-electron chi connectivity index (χ0n) is 17.0. The molecule has 8 nitrogen and oxygen atoms in total. The molecule has 0 saturated carbocycles. The highest BCUT2D eigenvalue weighted by Gasteiger charge is 2.30. The number of hydrogen-bond donors (Lipinski definition) is 0. The van der Waals surface area contributed by atoms with Crippen molar-refractivity contribution in [3.05, 3.63) is 68.9 Å². The van der Waals surface area contributed by atoms with Crippen LogP contribution in [-0.4, -0.2) is 24.4 Å². The number of aryl methyl sites for hydroxylation is 1. The largest absolute Gasteiger partial charge is 0.332 e. The van der Waals surface area contributed by atoms with Gasteiger partial charge in [0.25, 0.3) is 5.56 Å². The van der Waals surface area contributed by atoms with Gasteiger partial charge in [-0.2, -0.15) is 10.1 Å². The molecule has 3 heterocycles. The Labute approximate surface area is 168 Å². The van der Waals surface area contributed by atoms with Gasteiger partial charge in [0.2, 0.25) is 5.95 Å². The molecule has 0 saturated heterocycles. The lowest BCUT2D eigenvalue weighted by molar-refractivity contribution is 0.628. The van der Waals surface area contributed by atoms with E-state index in [9.17, 15) is 9.59 Å². The normalized spacial score (nSPS) is 16.5. The zero-order valence-corrected chi connectivity index (χ0v) is 17.0. The van der Waals surface area contributed by atoms with Gasteiger partial charge in [-0.1, -0.05) is 42.5 Å². The summed E-state index contributed by atoms with van der Waals surface area (Å²) in [5.41, 5.74) is 2.04. The highest BCUT2D eigenvalue weighted by Crippen LogP contribution is 2.30. The maximum atomic E-state index is 13.3. The summed E-state index contributed by atoms with van der Waals surface area (Å²) in [5.74, 6) is 0.567. The number of allylic oxidation sites excluding steroid dienone is 2. The lowest BCUT2D eigenvalue weighted by Gasteiger charge is -2.29. The third kappa shape index (κ3) is 3.00. The number of rotatable bonds is 4. The first-order chi connectivity index (χ1) is 13.9. The highest BCUT2D eigenvalue weighted by molar-refractivity contribution is 5.91. The standard InChI is InChI=1S/C21H24N6O2/c1-5-6-12-25-19(28)17-18(24(4)21(25)29)22-20-26(13-16-10-8-7-9-11-16)23-14(2)15(3)27(17)20/h5-11,15H,12-13H2,1-4H3/b6-5+/t15-/m0/s1. The van der Waals surface area contributed by atoms with Gasteiger partial charge < -0.3 is 0 Å². The molecular weight excluding hydrogens is 368 g/mol. The minimum absolute atomic E-state index is 0.137. The second-order valence-corrected chi connectivity index (χ2v) is 7.24. The first-order valence-corrected chi connectivity index (χ1v) is 9.63. The van der Waals surface area contributed by atoms with Crippen LogP contribution in [0.3, 0.4) is 0 Å². The van der Waals surface area contributed by atoms with Crippen LogP contribution in [0.5, 0.6) is 0 Å². The van der Waals surface area contributed by atoms with Crippen LogP contribution >= 0.6 is 0 Å². The van der Waals surface area contributed by atoms with Crippen LogP contribution in [0, 0.1) is 0 Å². The second-order valence-electron chi connectivity index (χ2n) is 7.24. The lowest BCUT2D eigenvalue weighted by Crippen LogP contribution is -2.40. The summed E-state index contributed by atoms with van der Waals surface area (Å²) in [5, 5.41) is 6.50. The van der Waals surface area contributed by atoms with Crippen LogP contribution in [0.15, 0.2) is 57.2 Å². The number of nitrogens with zero attached hydrogens (tertiary/aromatic N) is 6. The molecule has 0 fully saturated rings. The fraction of sp³-hybridized carbons (Fsp3) is 0.333. The van der Waals surface area contributed by atoms with Crippen molar-refractivity contribution in [2.45, 2.75) is 39.9 Å². The quantitative estimate of drug-likeness (QED) is 0.639. The van der Waals surface area contributed by atoms with Gasteiger partial charge in [0, 0.05) is 13.6 Å². The van der Waals surface area contributed by atoms with Crippen LogP contribution in [0.1, 0.15) is 32.4 Å². The van der Waals surface area contributed by atoms with Crippen molar-refractivity contribution < 1.29 is 0 Å². The molecule has 0 N–H and O–H groups in total. The first-order valence-electron chi connectivity index (χ1n) is 9.63. The molecule has 3 aromatic rings. The van der Waals surface area contributed by atoms with Crippen molar-refractivity contribution in [1.82, 2.24) is 18.7 Å². The average Bonchev–Trinajstić information content (AvgIpc) is 3.12. The predicted molar refractivity (Wildman–Crippen MR) is 114 cm³/mol. The predicted octanol–water partition coefficient (Wildman–Crippen LogP) is 2.43. The Bertz CT molecular complexity index is 1250. The molecule has 150 valence electrons. The van der Waals surface area contributed by atoms with Gasteiger partial charge in [-0.15, -0.1) is 0 Å². The van der Waals surface area contributed by atoms with E-state index in [4.69, 9.17) is 5.10 Å². The molecule has 2 aromatic heterocycles. The smallest absolute Gasteiger partial charge is 0.294 e. The minimum Gasteiger partial charge on any atom is -0.294 e. The monoisotopic (exact) mass is 392 g/mol. The Kier molecular flexibility index (Phi) is 4.70. The highest BCUT2D eigenvalue weighted by atomic mass is 16.2. The van der Waals surface area contributed by atoms with E-state index in [1.165, 1.54) is 9.13 Å². The van der Waals surface area contributed by atoms with Crippen molar-refractivity contribution in [3.63, 3.8) is 0 Å². The Morgan fingerprint density at radius 1 is 1.17 bits per heavy atom. The summed E-state index contributed by atoms with van der Waals surface area (Å²) in [6.07, 6.45) is 3.61. The van der Waals surface area contributed by atoms with Gasteiger partial charge in [-0.05, 0) is 26.3 Å². The molecule has 0 spiro atoms. The number of fused-ring (bicyclic) bond motifs is 3. The Hall–Kier alpha value is -3.42. The van der Waals surface area contributed by atoms with Crippen LogP contribution in [0.4, 0.5) is 5.95 Å². The van der Waals surface area contributed by atoms with E-state index in [0.717, 1.165) is 11.3 Å². The van der Waals surface area contributed by atoms with Crippen LogP contribution in [0.2, 0.25) is 0 Å². The molecule has 8 heteroatoms. The van der Waals surface area contributed by atoms with Gasteiger partial charge in [0.15, 0.2) is 11.2 Å². The van der Waals surface area contributed by atoms with Crippen LogP contribution in [0.25, 0.3) is 11.2 Å². The van der Waals surface area contributed by atoms with Gasteiger partial charge >= 0.3 is 5.69 Å². The molecule has 1 aliphatic heterocycles. The van der Waals surface area contributed by atoms with Crippen molar-refractivity contribution in [1.29, 1.82) is 0 Å². The molecule has 1 aromatic carbocycles. The summed E-state index contributed by atoms with van der Waals surface area (Å²) < 4.78 is 4.58. The van der Waals surface area contributed by atoms with E-state index < -0.39 is 0 Å². The van der Waals surface area contributed by atoms with Gasteiger partial charge in [0.1, 0.15) is 0 Å². The minimum atomic E-state index is -0.379. The molecule has 0 aliphatic carbocycles. The van der Waals surface area contributed by atoms with Crippen molar-refractivity contribution in [2.75, 3.05) is 5.01 Å². The summed E-state index contributed by atoms with van der Waals surface area (Å²) >= 11 is 0. The molecule has 4 rings (SSSR count). The number of anilines is 1. The average molecular weight is 392 g/mol. The van der Waals surface area contributed by atoms with Crippen LogP contribution < -0.4 is 16.3 Å². The molecule has 0 unspecified atom stereocenters. The lowest BCUT2D eigenvalue weighted by atomic mass is 10.2. The number of imidazole rings is 1.